The summed E-state index contributed by atoms with van der Waals surface area (Å²) in [4.78, 5) is 14.1. The van der Waals surface area contributed by atoms with Crippen molar-refractivity contribution < 1.29 is 13.2 Å². The summed E-state index contributed by atoms with van der Waals surface area (Å²) in [5.41, 5.74) is 0.794. The number of nitrogens with zero attached hydrogens (tertiary/aromatic N) is 1. The van der Waals surface area contributed by atoms with Crippen molar-refractivity contribution in [2.45, 2.75) is 25.3 Å². The van der Waals surface area contributed by atoms with Gasteiger partial charge >= 0.3 is 0 Å². The minimum Gasteiger partial charge on any atom is -0.326 e. The number of amides is 1. The van der Waals surface area contributed by atoms with Gasteiger partial charge in [-0.3, -0.25) is 4.79 Å². The van der Waals surface area contributed by atoms with Gasteiger partial charge in [-0.25, -0.2) is 13.1 Å². The SMILES string of the molecule is CS(=O)(=O)N[C@H]1CCCN(CCC(=O)Nc2ccccc2)C1. The van der Waals surface area contributed by atoms with Crippen LogP contribution >= 0.6 is 0 Å². The maximum absolute atomic E-state index is 11.9. The summed E-state index contributed by atoms with van der Waals surface area (Å²) in [6.07, 6.45) is 3.37. The summed E-state index contributed by atoms with van der Waals surface area (Å²) in [6.45, 7) is 2.20. The number of piperidine rings is 1. The van der Waals surface area contributed by atoms with E-state index < -0.39 is 10.0 Å². The zero-order valence-corrected chi connectivity index (χ0v) is 13.6. The number of benzene rings is 1. The van der Waals surface area contributed by atoms with Gasteiger partial charge < -0.3 is 10.2 Å². The molecule has 122 valence electrons. The molecule has 1 amide bonds. The molecule has 6 nitrogen and oxygen atoms in total. The molecule has 1 aliphatic heterocycles. The molecule has 0 aromatic heterocycles. The molecule has 1 atom stereocenters. The highest BCUT2D eigenvalue weighted by atomic mass is 32.2. The van der Waals surface area contributed by atoms with Crippen LogP contribution in [0, 0.1) is 0 Å². The summed E-state index contributed by atoms with van der Waals surface area (Å²) in [5.74, 6) is -0.0237. The maximum atomic E-state index is 11.9. The third kappa shape index (κ3) is 6.13. The Morgan fingerprint density at radius 1 is 1.32 bits per heavy atom. The number of sulfonamides is 1. The third-order valence-electron chi connectivity index (χ3n) is 3.60. The molecule has 1 saturated heterocycles. The van der Waals surface area contributed by atoms with Gasteiger partial charge in [0.15, 0.2) is 0 Å². The van der Waals surface area contributed by atoms with Crippen LogP contribution in [0.3, 0.4) is 0 Å². The summed E-state index contributed by atoms with van der Waals surface area (Å²) in [7, 11) is -3.18. The average molecular weight is 325 g/mol. The minimum absolute atomic E-state index is 0.0237. The molecular weight excluding hydrogens is 302 g/mol. The maximum Gasteiger partial charge on any atom is 0.225 e. The summed E-state index contributed by atoms with van der Waals surface area (Å²) >= 11 is 0. The predicted molar refractivity (Wildman–Crippen MR) is 87.1 cm³/mol. The van der Waals surface area contributed by atoms with Gasteiger partial charge in [0.1, 0.15) is 0 Å². The van der Waals surface area contributed by atoms with Gasteiger partial charge in [-0.05, 0) is 31.5 Å². The normalized spacial score (nSPS) is 19.8. The first-order valence-corrected chi connectivity index (χ1v) is 9.36. The number of hydrogen-bond donors (Lipinski definition) is 2. The number of likely N-dealkylation sites (tertiary alicyclic amines) is 1. The Bertz CT molecular complexity index is 589. The third-order valence-corrected chi connectivity index (χ3v) is 4.36. The Labute approximate surface area is 131 Å². The van der Waals surface area contributed by atoms with Crippen molar-refractivity contribution in [3.8, 4) is 0 Å². The molecule has 2 rings (SSSR count). The van der Waals surface area contributed by atoms with Crippen molar-refractivity contribution in [2.75, 3.05) is 31.2 Å². The summed E-state index contributed by atoms with van der Waals surface area (Å²) < 4.78 is 25.2. The molecule has 1 heterocycles. The zero-order chi connectivity index (χ0) is 16.0. The van der Waals surface area contributed by atoms with E-state index in [0.717, 1.165) is 25.1 Å². The number of hydrogen-bond acceptors (Lipinski definition) is 4. The van der Waals surface area contributed by atoms with Crippen LogP contribution < -0.4 is 10.0 Å². The van der Waals surface area contributed by atoms with Gasteiger partial charge in [0, 0.05) is 31.2 Å². The lowest BCUT2D eigenvalue weighted by atomic mass is 10.1. The lowest BCUT2D eigenvalue weighted by Crippen LogP contribution is -2.47. The predicted octanol–water partition coefficient (Wildman–Crippen LogP) is 1.03. The molecule has 0 radical (unpaired) electrons. The van der Waals surface area contributed by atoms with Crippen LogP contribution in [-0.2, 0) is 14.8 Å². The van der Waals surface area contributed by atoms with Crippen LogP contribution in [-0.4, -0.2) is 51.2 Å². The topological polar surface area (TPSA) is 78.5 Å². The fourth-order valence-corrected chi connectivity index (χ4v) is 3.46. The first kappa shape index (κ1) is 16.9. The molecule has 1 fully saturated rings. The smallest absolute Gasteiger partial charge is 0.225 e. The molecule has 0 spiro atoms. The Kier molecular flexibility index (Phi) is 5.93. The number of carbonyl (C=O) groups excluding carboxylic acids is 1. The van der Waals surface area contributed by atoms with Gasteiger partial charge in [0.05, 0.1) is 6.26 Å². The van der Waals surface area contributed by atoms with Gasteiger partial charge in [-0.2, -0.15) is 0 Å². The lowest BCUT2D eigenvalue weighted by molar-refractivity contribution is -0.116. The largest absolute Gasteiger partial charge is 0.326 e. The molecule has 0 bridgehead atoms. The molecule has 1 aliphatic rings. The molecule has 1 aromatic carbocycles. The van der Waals surface area contributed by atoms with Gasteiger partial charge in [0.2, 0.25) is 15.9 Å². The molecule has 0 saturated carbocycles. The number of carbonyl (C=O) groups is 1. The van der Waals surface area contributed by atoms with E-state index in [4.69, 9.17) is 0 Å². The van der Waals surface area contributed by atoms with E-state index in [1.165, 1.54) is 6.26 Å². The highest BCUT2D eigenvalue weighted by molar-refractivity contribution is 7.88. The van der Waals surface area contributed by atoms with Gasteiger partial charge in [0.25, 0.3) is 0 Å². The number of nitrogens with one attached hydrogen (secondary N) is 2. The molecule has 0 unspecified atom stereocenters. The second kappa shape index (κ2) is 7.71. The van der Waals surface area contributed by atoms with E-state index in [0.29, 0.717) is 19.5 Å². The molecular formula is C15H23N3O3S. The van der Waals surface area contributed by atoms with E-state index >= 15 is 0 Å². The fraction of sp³-hybridized carbons (Fsp3) is 0.533. The average Bonchev–Trinajstić information content (AvgIpc) is 2.45. The van der Waals surface area contributed by atoms with E-state index in [-0.39, 0.29) is 11.9 Å². The molecule has 7 heteroatoms. The lowest BCUT2D eigenvalue weighted by Gasteiger charge is -2.32. The summed E-state index contributed by atoms with van der Waals surface area (Å²) in [5, 5.41) is 2.85. The highest BCUT2D eigenvalue weighted by Gasteiger charge is 2.22. The van der Waals surface area contributed by atoms with Crippen molar-refractivity contribution in [2.24, 2.45) is 0 Å². The van der Waals surface area contributed by atoms with Crippen LogP contribution in [0.5, 0.6) is 0 Å². The first-order chi connectivity index (χ1) is 10.4. The Morgan fingerprint density at radius 3 is 2.73 bits per heavy atom. The second-order valence-electron chi connectivity index (χ2n) is 5.69. The van der Waals surface area contributed by atoms with Crippen molar-refractivity contribution in [1.82, 2.24) is 9.62 Å². The van der Waals surface area contributed by atoms with Crippen molar-refractivity contribution in [3.05, 3.63) is 30.3 Å². The van der Waals surface area contributed by atoms with Crippen LogP contribution in [0.25, 0.3) is 0 Å². The Balaban J connectivity index is 1.75. The monoisotopic (exact) mass is 325 g/mol. The molecule has 2 N–H and O–H groups in total. The molecule has 22 heavy (non-hydrogen) atoms. The number of para-hydroxylation sites is 1. The van der Waals surface area contributed by atoms with E-state index in [2.05, 4.69) is 14.9 Å². The fourth-order valence-electron chi connectivity index (χ4n) is 2.66. The van der Waals surface area contributed by atoms with Crippen molar-refractivity contribution >= 4 is 21.6 Å². The van der Waals surface area contributed by atoms with Crippen LogP contribution in [0.15, 0.2) is 30.3 Å². The molecule has 0 aliphatic carbocycles. The standard InChI is InChI=1S/C15H23N3O3S/c1-22(20,21)17-14-8-5-10-18(12-14)11-9-15(19)16-13-6-3-2-4-7-13/h2-4,6-7,14,17H,5,8-12H2,1H3,(H,16,19)/t14-/m0/s1. The van der Waals surface area contributed by atoms with Gasteiger partial charge in [-0.15, -0.1) is 0 Å². The highest BCUT2D eigenvalue weighted by Crippen LogP contribution is 2.12. The Hall–Kier alpha value is -1.44. The first-order valence-electron chi connectivity index (χ1n) is 7.47. The van der Waals surface area contributed by atoms with Crippen LogP contribution in [0.1, 0.15) is 19.3 Å². The number of anilines is 1. The molecule has 1 aromatic rings. The van der Waals surface area contributed by atoms with E-state index in [9.17, 15) is 13.2 Å². The zero-order valence-electron chi connectivity index (χ0n) is 12.8. The van der Waals surface area contributed by atoms with E-state index in [1.807, 2.05) is 30.3 Å². The van der Waals surface area contributed by atoms with Crippen LogP contribution in [0.4, 0.5) is 5.69 Å². The summed E-state index contributed by atoms with van der Waals surface area (Å²) in [6, 6.07) is 9.30. The Morgan fingerprint density at radius 2 is 2.05 bits per heavy atom. The van der Waals surface area contributed by atoms with E-state index in [1.54, 1.807) is 0 Å². The minimum atomic E-state index is -3.18. The second-order valence-corrected chi connectivity index (χ2v) is 7.47. The van der Waals surface area contributed by atoms with Crippen LogP contribution in [0.2, 0.25) is 0 Å². The number of rotatable bonds is 6. The van der Waals surface area contributed by atoms with Crippen molar-refractivity contribution in [3.63, 3.8) is 0 Å². The van der Waals surface area contributed by atoms with Gasteiger partial charge in [-0.1, -0.05) is 18.2 Å². The quantitative estimate of drug-likeness (QED) is 0.819. The van der Waals surface area contributed by atoms with Crippen molar-refractivity contribution in [1.29, 1.82) is 0 Å².